The Labute approximate surface area is 162 Å². The van der Waals surface area contributed by atoms with Crippen molar-refractivity contribution < 1.29 is 22.3 Å². The fraction of sp³-hybridized carbons (Fsp3) is 0.278. The van der Waals surface area contributed by atoms with Crippen LogP contribution in [-0.4, -0.2) is 39.3 Å². The Balaban J connectivity index is 2.11. The lowest BCUT2D eigenvalue weighted by molar-refractivity contribution is -0.121. The van der Waals surface area contributed by atoms with Gasteiger partial charge < -0.3 is 10.1 Å². The molecule has 0 aliphatic rings. The highest BCUT2D eigenvalue weighted by Crippen LogP contribution is 2.26. The van der Waals surface area contributed by atoms with E-state index in [0.29, 0.717) is 5.02 Å². The van der Waals surface area contributed by atoms with E-state index in [1.54, 1.807) is 31.2 Å². The average Bonchev–Trinajstić information content (AvgIpc) is 2.61. The third-order valence-corrected chi connectivity index (χ3v) is 6.00. The van der Waals surface area contributed by atoms with Gasteiger partial charge in [-0.15, -0.1) is 0 Å². The molecule has 27 heavy (non-hydrogen) atoms. The monoisotopic (exact) mass is 414 g/mol. The van der Waals surface area contributed by atoms with Gasteiger partial charge in [-0.2, -0.15) is 4.31 Å². The molecule has 0 unspecified atom stereocenters. The first-order chi connectivity index (χ1) is 12.6. The van der Waals surface area contributed by atoms with Crippen molar-refractivity contribution in [3.05, 3.63) is 58.9 Å². The lowest BCUT2D eigenvalue weighted by atomic mass is 10.1. The minimum Gasteiger partial charge on any atom is -0.495 e. The van der Waals surface area contributed by atoms with Gasteiger partial charge >= 0.3 is 0 Å². The minimum absolute atomic E-state index is 0.00168. The maximum atomic E-state index is 13.5. The number of sulfonamides is 1. The van der Waals surface area contributed by atoms with Gasteiger partial charge in [0.2, 0.25) is 15.9 Å². The zero-order valence-corrected chi connectivity index (χ0v) is 16.6. The number of ether oxygens (including phenoxy) is 1. The summed E-state index contributed by atoms with van der Waals surface area (Å²) in [4.78, 5) is 11.9. The number of halogens is 2. The third-order valence-electron chi connectivity index (χ3n) is 3.93. The Morgan fingerprint density at radius 2 is 1.89 bits per heavy atom. The molecule has 9 heteroatoms. The van der Waals surface area contributed by atoms with Gasteiger partial charge in [0, 0.05) is 12.1 Å². The highest BCUT2D eigenvalue weighted by molar-refractivity contribution is 7.89. The summed E-state index contributed by atoms with van der Waals surface area (Å²) in [6.07, 6.45) is 0. The number of methoxy groups -OCH3 is 1. The second kappa shape index (κ2) is 8.69. The van der Waals surface area contributed by atoms with Crippen molar-refractivity contribution in [2.45, 2.75) is 17.9 Å². The van der Waals surface area contributed by atoms with Crippen LogP contribution in [0.15, 0.2) is 47.4 Å². The standard InChI is InChI=1S/C18H20ClFN2O4S/c1-12(13-4-6-14(19)7-5-13)21-18(23)11-22(2)27(24,25)17-10-15(20)8-9-16(17)26-3/h4-10,12H,11H2,1-3H3,(H,21,23)/t12-/m1/s1. The van der Waals surface area contributed by atoms with Crippen LogP contribution in [0.3, 0.4) is 0 Å². The molecule has 0 fully saturated rings. The molecule has 1 N–H and O–H groups in total. The Kier molecular flexibility index (Phi) is 6.80. The molecule has 2 aromatic rings. The van der Waals surface area contributed by atoms with Crippen molar-refractivity contribution in [3.63, 3.8) is 0 Å². The number of likely N-dealkylation sites (N-methyl/N-ethyl adjacent to an activating group) is 1. The number of nitrogens with zero attached hydrogens (tertiary/aromatic N) is 1. The first-order valence-electron chi connectivity index (χ1n) is 8.00. The average molecular weight is 415 g/mol. The molecular weight excluding hydrogens is 395 g/mol. The predicted octanol–water partition coefficient (Wildman–Crippen LogP) is 2.99. The van der Waals surface area contributed by atoms with E-state index in [9.17, 15) is 17.6 Å². The molecule has 0 radical (unpaired) electrons. The molecule has 0 spiro atoms. The third kappa shape index (κ3) is 5.18. The van der Waals surface area contributed by atoms with Gasteiger partial charge in [0.1, 0.15) is 16.5 Å². The fourth-order valence-corrected chi connectivity index (χ4v) is 3.85. The van der Waals surface area contributed by atoms with Crippen LogP contribution in [-0.2, 0) is 14.8 Å². The van der Waals surface area contributed by atoms with Crippen molar-refractivity contribution in [2.24, 2.45) is 0 Å². The van der Waals surface area contributed by atoms with Crippen molar-refractivity contribution in [2.75, 3.05) is 20.7 Å². The smallest absolute Gasteiger partial charge is 0.247 e. The van der Waals surface area contributed by atoms with Crippen LogP contribution in [0.1, 0.15) is 18.5 Å². The molecule has 0 aliphatic carbocycles. The fourth-order valence-electron chi connectivity index (χ4n) is 2.43. The maximum absolute atomic E-state index is 13.5. The van der Waals surface area contributed by atoms with E-state index in [2.05, 4.69) is 5.32 Å². The van der Waals surface area contributed by atoms with Crippen LogP contribution in [0.4, 0.5) is 4.39 Å². The SMILES string of the molecule is COc1ccc(F)cc1S(=O)(=O)N(C)CC(=O)N[C@H](C)c1ccc(Cl)cc1. The van der Waals surface area contributed by atoms with Gasteiger partial charge in [-0.05, 0) is 42.8 Å². The Morgan fingerprint density at radius 3 is 2.48 bits per heavy atom. The number of carbonyl (C=O) groups excluding carboxylic acids is 1. The number of carbonyl (C=O) groups is 1. The summed E-state index contributed by atoms with van der Waals surface area (Å²) in [5.41, 5.74) is 0.824. The van der Waals surface area contributed by atoms with Gasteiger partial charge in [-0.1, -0.05) is 23.7 Å². The molecule has 0 aliphatic heterocycles. The Hall–Kier alpha value is -2.16. The number of benzene rings is 2. The van der Waals surface area contributed by atoms with E-state index in [1.165, 1.54) is 20.2 Å². The van der Waals surface area contributed by atoms with Gasteiger partial charge in [0.05, 0.1) is 19.7 Å². The summed E-state index contributed by atoms with van der Waals surface area (Å²) >= 11 is 5.84. The van der Waals surface area contributed by atoms with Crippen LogP contribution < -0.4 is 10.1 Å². The van der Waals surface area contributed by atoms with Crippen LogP contribution in [0.5, 0.6) is 5.75 Å². The van der Waals surface area contributed by atoms with E-state index in [1.807, 2.05) is 0 Å². The molecule has 1 atom stereocenters. The topological polar surface area (TPSA) is 75.7 Å². The number of rotatable bonds is 7. The van der Waals surface area contributed by atoms with E-state index in [-0.39, 0.29) is 16.7 Å². The lowest BCUT2D eigenvalue weighted by Gasteiger charge is -2.20. The van der Waals surface area contributed by atoms with Crippen LogP contribution in [0, 0.1) is 5.82 Å². The highest BCUT2D eigenvalue weighted by Gasteiger charge is 2.27. The van der Waals surface area contributed by atoms with E-state index >= 15 is 0 Å². The summed E-state index contributed by atoms with van der Waals surface area (Å²) in [7, 11) is -1.59. The predicted molar refractivity (Wildman–Crippen MR) is 101 cm³/mol. The molecule has 146 valence electrons. The molecule has 0 saturated heterocycles. The first kappa shape index (κ1) is 21.1. The van der Waals surface area contributed by atoms with Gasteiger partial charge in [0.25, 0.3) is 0 Å². The minimum atomic E-state index is -4.12. The van der Waals surface area contributed by atoms with Gasteiger partial charge in [0.15, 0.2) is 0 Å². The van der Waals surface area contributed by atoms with Gasteiger partial charge in [-0.3, -0.25) is 4.79 Å². The summed E-state index contributed by atoms with van der Waals surface area (Å²) in [5, 5.41) is 3.29. The molecule has 6 nitrogen and oxygen atoms in total. The summed E-state index contributed by atoms with van der Waals surface area (Å²) in [6, 6.07) is 9.78. The number of hydrogen-bond donors (Lipinski definition) is 1. The second-order valence-electron chi connectivity index (χ2n) is 5.90. The maximum Gasteiger partial charge on any atom is 0.247 e. The zero-order chi connectivity index (χ0) is 20.2. The zero-order valence-electron chi connectivity index (χ0n) is 15.1. The Bertz CT molecular complexity index is 919. The molecule has 1 amide bonds. The molecule has 2 rings (SSSR count). The summed E-state index contributed by atoms with van der Waals surface area (Å²) in [5.74, 6) is -1.22. The first-order valence-corrected chi connectivity index (χ1v) is 9.81. The molecule has 0 saturated carbocycles. The quantitative estimate of drug-likeness (QED) is 0.755. The van der Waals surface area contributed by atoms with Crippen molar-refractivity contribution in [1.82, 2.24) is 9.62 Å². The molecule has 2 aromatic carbocycles. The number of amides is 1. The van der Waals surface area contributed by atoms with E-state index < -0.39 is 28.3 Å². The van der Waals surface area contributed by atoms with Crippen LogP contribution in [0.2, 0.25) is 5.02 Å². The normalized spacial score (nSPS) is 12.7. The molecule has 0 aromatic heterocycles. The molecule has 0 bridgehead atoms. The number of nitrogens with one attached hydrogen (secondary N) is 1. The largest absolute Gasteiger partial charge is 0.495 e. The lowest BCUT2D eigenvalue weighted by Crippen LogP contribution is -2.39. The highest BCUT2D eigenvalue weighted by atomic mass is 35.5. The van der Waals surface area contributed by atoms with Crippen molar-refractivity contribution in [3.8, 4) is 5.75 Å². The van der Waals surface area contributed by atoms with Gasteiger partial charge in [-0.25, -0.2) is 12.8 Å². The van der Waals surface area contributed by atoms with Crippen molar-refractivity contribution in [1.29, 1.82) is 0 Å². The van der Waals surface area contributed by atoms with E-state index in [4.69, 9.17) is 16.3 Å². The molecular formula is C18H20ClFN2O4S. The van der Waals surface area contributed by atoms with E-state index in [0.717, 1.165) is 22.0 Å². The summed E-state index contributed by atoms with van der Waals surface area (Å²) < 4.78 is 44.7. The number of hydrogen-bond acceptors (Lipinski definition) is 4. The summed E-state index contributed by atoms with van der Waals surface area (Å²) in [6.45, 7) is 1.34. The van der Waals surface area contributed by atoms with Crippen LogP contribution >= 0.6 is 11.6 Å². The van der Waals surface area contributed by atoms with Crippen molar-refractivity contribution >= 4 is 27.5 Å². The van der Waals surface area contributed by atoms with Crippen LogP contribution in [0.25, 0.3) is 0 Å². The Morgan fingerprint density at radius 1 is 1.26 bits per heavy atom. The molecule has 0 heterocycles. The second-order valence-corrected chi connectivity index (χ2v) is 8.35.